The Kier molecular flexibility index (Phi) is 7.47. The summed E-state index contributed by atoms with van der Waals surface area (Å²) in [6, 6.07) is 3.13. The summed E-state index contributed by atoms with van der Waals surface area (Å²) in [5, 5.41) is 0. The van der Waals surface area contributed by atoms with Crippen LogP contribution in [0.2, 0.25) is 0 Å². The van der Waals surface area contributed by atoms with Gasteiger partial charge in [0, 0.05) is 31.6 Å². The lowest BCUT2D eigenvalue weighted by Gasteiger charge is -2.36. The minimum Gasteiger partial charge on any atom is -0.474 e. The van der Waals surface area contributed by atoms with Crippen LogP contribution in [0.15, 0.2) is 23.2 Å². The summed E-state index contributed by atoms with van der Waals surface area (Å²) in [4.78, 5) is 18.2. The Morgan fingerprint density at radius 3 is 2.10 bits per heavy atom. The molecular formula is C22H34N2O6S. The lowest BCUT2D eigenvalue weighted by Crippen LogP contribution is -2.44. The molecule has 0 unspecified atom stereocenters. The summed E-state index contributed by atoms with van der Waals surface area (Å²) in [5.41, 5.74) is -0.476. The fourth-order valence-corrected chi connectivity index (χ4v) is 4.45. The number of ether oxygens (including phenoxy) is 3. The first kappa shape index (κ1) is 23.8. The third-order valence-electron chi connectivity index (χ3n) is 5.52. The third-order valence-corrected chi connectivity index (χ3v) is 6.62. The largest absolute Gasteiger partial charge is 0.474 e. The number of amides is 1. The van der Waals surface area contributed by atoms with Gasteiger partial charge in [-0.15, -0.1) is 0 Å². The molecule has 1 amide bonds. The van der Waals surface area contributed by atoms with Gasteiger partial charge in [-0.1, -0.05) is 0 Å². The molecular weight excluding hydrogens is 420 g/mol. The number of hydrogen-bond donors (Lipinski definition) is 0. The molecule has 0 bridgehead atoms. The van der Waals surface area contributed by atoms with Crippen molar-refractivity contribution in [3.63, 3.8) is 0 Å². The van der Waals surface area contributed by atoms with Crippen LogP contribution in [0.3, 0.4) is 0 Å². The van der Waals surface area contributed by atoms with Crippen molar-refractivity contribution in [2.75, 3.05) is 19.3 Å². The zero-order valence-electron chi connectivity index (χ0n) is 18.9. The van der Waals surface area contributed by atoms with Crippen molar-refractivity contribution in [3.8, 4) is 5.88 Å². The van der Waals surface area contributed by atoms with E-state index in [1.165, 1.54) is 12.3 Å². The fourth-order valence-electron chi connectivity index (χ4n) is 3.89. The molecule has 1 saturated heterocycles. The van der Waals surface area contributed by atoms with Crippen LogP contribution in [-0.2, 0) is 19.3 Å². The van der Waals surface area contributed by atoms with Gasteiger partial charge < -0.3 is 19.1 Å². The van der Waals surface area contributed by atoms with E-state index in [4.69, 9.17) is 14.2 Å². The fraction of sp³-hybridized carbons (Fsp3) is 0.727. The first-order valence-corrected chi connectivity index (χ1v) is 12.8. The van der Waals surface area contributed by atoms with Crippen LogP contribution in [0.1, 0.15) is 59.3 Å². The van der Waals surface area contributed by atoms with Crippen molar-refractivity contribution in [3.05, 3.63) is 18.3 Å². The van der Waals surface area contributed by atoms with Crippen LogP contribution in [-0.4, -0.2) is 67.7 Å². The van der Waals surface area contributed by atoms with Gasteiger partial charge in [-0.3, -0.25) is 0 Å². The van der Waals surface area contributed by atoms with Gasteiger partial charge in [0.1, 0.15) is 11.7 Å². The predicted molar refractivity (Wildman–Crippen MR) is 116 cm³/mol. The van der Waals surface area contributed by atoms with Gasteiger partial charge in [0.15, 0.2) is 9.84 Å². The number of hydrogen-bond acceptors (Lipinski definition) is 7. The molecule has 1 aromatic heterocycles. The summed E-state index contributed by atoms with van der Waals surface area (Å²) >= 11 is 0. The molecule has 2 heterocycles. The van der Waals surface area contributed by atoms with Crippen LogP contribution in [0.25, 0.3) is 0 Å². The van der Waals surface area contributed by atoms with Crippen molar-refractivity contribution in [2.45, 2.75) is 88.1 Å². The maximum atomic E-state index is 12.2. The maximum Gasteiger partial charge on any atom is 0.410 e. The van der Waals surface area contributed by atoms with Gasteiger partial charge in [0.05, 0.1) is 17.1 Å². The van der Waals surface area contributed by atoms with Gasteiger partial charge >= 0.3 is 6.09 Å². The Balaban J connectivity index is 1.37. The highest BCUT2D eigenvalue weighted by molar-refractivity contribution is 7.90. The monoisotopic (exact) mass is 454 g/mol. The average molecular weight is 455 g/mol. The van der Waals surface area contributed by atoms with Gasteiger partial charge in [-0.05, 0) is 65.4 Å². The molecule has 174 valence electrons. The lowest BCUT2D eigenvalue weighted by molar-refractivity contribution is -0.0678. The highest BCUT2D eigenvalue weighted by Crippen LogP contribution is 2.28. The summed E-state index contributed by atoms with van der Waals surface area (Å²) in [6.07, 6.45) is 7.91. The van der Waals surface area contributed by atoms with E-state index in [0.29, 0.717) is 19.0 Å². The summed E-state index contributed by atoms with van der Waals surface area (Å²) in [6.45, 7) is 6.95. The number of rotatable bonds is 5. The van der Waals surface area contributed by atoms with E-state index in [1.54, 1.807) is 11.0 Å². The van der Waals surface area contributed by atoms with Crippen molar-refractivity contribution in [1.29, 1.82) is 0 Å². The van der Waals surface area contributed by atoms with Crippen molar-refractivity contribution >= 4 is 15.9 Å². The minimum absolute atomic E-state index is 0.0606. The Morgan fingerprint density at radius 1 is 1.00 bits per heavy atom. The Morgan fingerprint density at radius 2 is 1.58 bits per heavy atom. The average Bonchev–Trinajstić information content (AvgIpc) is 2.68. The standard InChI is InChI=1S/C22H34N2O6S/c1-22(2,3)30-21(25)24-13-11-18(12-14-24)28-16-5-7-17(8-6-16)29-20-10-9-19(15-23-20)31(4,26)27/h9-10,15-18H,5-8,11-14H2,1-4H3/t16-,17+. The predicted octanol–water partition coefficient (Wildman–Crippen LogP) is 3.59. The second-order valence-electron chi connectivity index (χ2n) is 9.42. The van der Waals surface area contributed by atoms with Gasteiger partial charge in [-0.2, -0.15) is 0 Å². The van der Waals surface area contributed by atoms with Gasteiger partial charge in [0.2, 0.25) is 5.88 Å². The number of pyridine rings is 1. The van der Waals surface area contributed by atoms with E-state index in [-0.39, 0.29) is 29.3 Å². The highest BCUT2D eigenvalue weighted by Gasteiger charge is 2.30. The second kappa shape index (κ2) is 9.73. The number of aromatic nitrogens is 1. The molecule has 1 aliphatic carbocycles. The maximum absolute atomic E-state index is 12.2. The van der Waals surface area contributed by atoms with Crippen molar-refractivity contribution < 1.29 is 27.4 Å². The molecule has 0 radical (unpaired) electrons. The van der Waals surface area contributed by atoms with E-state index < -0.39 is 15.4 Å². The van der Waals surface area contributed by atoms with E-state index in [1.807, 2.05) is 20.8 Å². The van der Waals surface area contributed by atoms with E-state index in [2.05, 4.69) is 4.98 Å². The molecule has 0 aromatic carbocycles. The lowest BCUT2D eigenvalue weighted by atomic mass is 9.94. The van der Waals surface area contributed by atoms with E-state index in [9.17, 15) is 13.2 Å². The van der Waals surface area contributed by atoms with Crippen molar-refractivity contribution in [2.24, 2.45) is 0 Å². The number of piperidine rings is 1. The quantitative estimate of drug-likeness (QED) is 0.671. The third kappa shape index (κ3) is 7.35. The van der Waals surface area contributed by atoms with E-state index in [0.717, 1.165) is 44.8 Å². The Bertz CT molecular complexity index is 834. The first-order valence-electron chi connectivity index (χ1n) is 11.0. The number of sulfone groups is 1. The smallest absolute Gasteiger partial charge is 0.410 e. The first-order chi connectivity index (χ1) is 14.5. The molecule has 1 aliphatic heterocycles. The summed E-state index contributed by atoms with van der Waals surface area (Å²) < 4.78 is 40.7. The number of carbonyl (C=O) groups is 1. The van der Waals surface area contributed by atoms with Crippen LogP contribution >= 0.6 is 0 Å². The van der Waals surface area contributed by atoms with Crippen molar-refractivity contribution in [1.82, 2.24) is 9.88 Å². The highest BCUT2D eigenvalue weighted by atomic mass is 32.2. The zero-order valence-corrected chi connectivity index (χ0v) is 19.7. The number of nitrogens with zero attached hydrogens (tertiary/aromatic N) is 2. The van der Waals surface area contributed by atoms with Crippen LogP contribution in [0.5, 0.6) is 5.88 Å². The SMILES string of the molecule is CC(C)(C)OC(=O)N1CCC(O[C@H]2CC[C@@H](Oc3ccc(S(C)(=O)=O)cn3)CC2)CC1. The normalized spacial score (nSPS) is 23.4. The second-order valence-corrected chi connectivity index (χ2v) is 11.4. The molecule has 31 heavy (non-hydrogen) atoms. The topological polar surface area (TPSA) is 95.0 Å². The molecule has 9 heteroatoms. The molecule has 0 spiro atoms. The number of carbonyl (C=O) groups excluding carboxylic acids is 1. The molecule has 0 atom stereocenters. The Labute approximate surface area is 185 Å². The molecule has 3 rings (SSSR count). The van der Waals surface area contributed by atoms with E-state index >= 15 is 0 Å². The van der Waals surface area contributed by atoms with Gasteiger partial charge in [0.25, 0.3) is 0 Å². The van der Waals surface area contributed by atoms with Crippen LogP contribution < -0.4 is 4.74 Å². The zero-order chi connectivity index (χ0) is 22.6. The van der Waals surface area contributed by atoms with Crippen LogP contribution in [0, 0.1) is 0 Å². The molecule has 1 aromatic rings. The molecule has 2 fully saturated rings. The summed E-state index contributed by atoms with van der Waals surface area (Å²) in [7, 11) is -3.25. The molecule has 1 saturated carbocycles. The number of likely N-dealkylation sites (tertiary alicyclic amines) is 1. The molecule has 2 aliphatic rings. The molecule has 0 N–H and O–H groups in total. The Hall–Kier alpha value is -1.87. The van der Waals surface area contributed by atoms with Gasteiger partial charge in [-0.25, -0.2) is 18.2 Å². The van der Waals surface area contributed by atoms with Crippen LogP contribution in [0.4, 0.5) is 4.79 Å². The summed E-state index contributed by atoms with van der Waals surface area (Å²) in [5.74, 6) is 0.450. The molecule has 8 nitrogen and oxygen atoms in total. The minimum atomic E-state index is -3.25.